The van der Waals surface area contributed by atoms with Crippen LogP contribution in [0.2, 0.25) is 0 Å². The van der Waals surface area contributed by atoms with Crippen LogP contribution in [0.5, 0.6) is 0 Å². The van der Waals surface area contributed by atoms with Gasteiger partial charge in [0.25, 0.3) is 0 Å². The lowest BCUT2D eigenvalue weighted by Gasteiger charge is -2.36. The van der Waals surface area contributed by atoms with Gasteiger partial charge in [0.1, 0.15) is 5.65 Å². The van der Waals surface area contributed by atoms with Crippen LogP contribution in [0.15, 0.2) is 60.8 Å². The molecule has 0 atom stereocenters. The van der Waals surface area contributed by atoms with Crippen molar-refractivity contribution in [1.29, 1.82) is 0 Å². The number of nitrogens with one attached hydrogen (secondary N) is 2. The molecule has 2 N–H and O–H groups in total. The zero-order valence-corrected chi connectivity index (χ0v) is 23.0. The second-order valence-electron chi connectivity index (χ2n) is 10.3. The minimum absolute atomic E-state index is 0.320. The molecule has 38 heavy (non-hydrogen) atoms. The first-order valence-electron chi connectivity index (χ1n) is 12.8. The monoisotopic (exact) mass is 539 g/mol. The van der Waals surface area contributed by atoms with Crippen LogP contribution in [-0.4, -0.2) is 61.4 Å². The maximum atomic E-state index is 13.7. The van der Waals surface area contributed by atoms with Gasteiger partial charge in [0.15, 0.2) is 0 Å². The quantitative estimate of drug-likeness (QED) is 0.262. The Hall–Kier alpha value is -3.09. The molecule has 2 aromatic carbocycles. The number of nitrogens with zero attached hydrogens (tertiary/aromatic N) is 3. The van der Waals surface area contributed by atoms with E-state index >= 15 is 0 Å². The molecule has 0 spiro atoms. The highest BCUT2D eigenvalue weighted by Gasteiger charge is 2.35. The first-order valence-corrected chi connectivity index (χ1v) is 15.0. The van der Waals surface area contributed by atoms with Crippen LogP contribution in [0, 0.1) is 0 Å². The van der Waals surface area contributed by atoms with E-state index < -0.39 is 19.7 Å². The Morgan fingerprint density at radius 2 is 1.71 bits per heavy atom. The highest BCUT2D eigenvalue weighted by atomic mass is 31.1. The molecular formula is C29H33F3N5P. The van der Waals surface area contributed by atoms with Gasteiger partial charge in [-0.1, -0.05) is 26.1 Å². The average molecular weight is 540 g/mol. The molecule has 3 heterocycles. The molecule has 5 nitrogen and oxygen atoms in total. The van der Waals surface area contributed by atoms with Crippen molar-refractivity contribution >= 4 is 41.3 Å². The second kappa shape index (κ2) is 10.6. The first kappa shape index (κ1) is 26.5. The van der Waals surface area contributed by atoms with Crippen molar-refractivity contribution in [1.82, 2.24) is 14.9 Å². The lowest BCUT2D eigenvalue weighted by Crippen LogP contribution is -2.41. The van der Waals surface area contributed by atoms with E-state index in [1.165, 1.54) is 11.8 Å². The largest absolute Gasteiger partial charge is 0.417 e. The molecule has 0 amide bonds. The summed E-state index contributed by atoms with van der Waals surface area (Å²) in [6.07, 6.45) is -0.421. The lowest BCUT2D eigenvalue weighted by molar-refractivity contribution is -0.136. The molecule has 1 fully saturated rings. The summed E-state index contributed by atoms with van der Waals surface area (Å²) in [5, 5.41) is 4.43. The van der Waals surface area contributed by atoms with Gasteiger partial charge in [0, 0.05) is 53.1 Å². The van der Waals surface area contributed by atoms with Crippen LogP contribution in [0.1, 0.15) is 18.4 Å². The van der Waals surface area contributed by atoms with Gasteiger partial charge in [-0.15, -0.1) is 0 Å². The number of aromatic nitrogens is 2. The first-order chi connectivity index (χ1) is 18.1. The summed E-state index contributed by atoms with van der Waals surface area (Å²) < 4.78 is 41.2. The smallest absolute Gasteiger partial charge is 0.371 e. The minimum atomic E-state index is -4.40. The summed E-state index contributed by atoms with van der Waals surface area (Å²) >= 11 is 0. The Morgan fingerprint density at radius 1 is 1.00 bits per heavy atom. The fourth-order valence-electron chi connectivity index (χ4n) is 5.28. The second-order valence-corrected chi connectivity index (χ2v) is 12.5. The molecule has 0 unspecified atom stereocenters. The lowest BCUT2D eigenvalue weighted by atomic mass is 10.0. The third kappa shape index (κ3) is 5.38. The van der Waals surface area contributed by atoms with Gasteiger partial charge in [0.05, 0.1) is 11.3 Å². The Balaban J connectivity index is 1.41. The number of aromatic amines is 1. The molecular weight excluding hydrogens is 506 g/mol. The third-order valence-electron chi connectivity index (χ3n) is 7.33. The Kier molecular flexibility index (Phi) is 7.38. The van der Waals surface area contributed by atoms with Crippen molar-refractivity contribution in [2.75, 3.05) is 50.7 Å². The van der Waals surface area contributed by atoms with Gasteiger partial charge >= 0.3 is 6.18 Å². The highest BCUT2D eigenvalue weighted by molar-refractivity contribution is 7.64. The van der Waals surface area contributed by atoms with Gasteiger partial charge < -0.3 is 20.1 Å². The highest BCUT2D eigenvalue weighted by Crippen LogP contribution is 2.39. The van der Waals surface area contributed by atoms with Crippen LogP contribution in [-0.2, 0) is 6.18 Å². The van der Waals surface area contributed by atoms with Gasteiger partial charge in [-0.3, -0.25) is 0 Å². The number of hydrogen-bond donors (Lipinski definition) is 2. The van der Waals surface area contributed by atoms with E-state index in [9.17, 15) is 13.2 Å². The number of pyridine rings is 1. The van der Waals surface area contributed by atoms with Crippen LogP contribution < -0.4 is 15.5 Å². The predicted molar refractivity (Wildman–Crippen MR) is 154 cm³/mol. The summed E-state index contributed by atoms with van der Waals surface area (Å²) in [6, 6.07) is 17.3. The van der Waals surface area contributed by atoms with E-state index in [4.69, 9.17) is 0 Å². The normalized spacial score (nSPS) is 15.1. The van der Waals surface area contributed by atoms with E-state index in [0.29, 0.717) is 22.7 Å². The minimum Gasteiger partial charge on any atom is -0.371 e. The molecule has 4 aromatic rings. The van der Waals surface area contributed by atoms with Gasteiger partial charge in [-0.05, 0) is 82.2 Å². The zero-order chi connectivity index (χ0) is 27.0. The molecule has 1 aliphatic rings. The molecule has 0 saturated carbocycles. The Morgan fingerprint density at radius 3 is 2.34 bits per heavy atom. The summed E-state index contributed by atoms with van der Waals surface area (Å²) in [5.74, 6) is 0. The van der Waals surface area contributed by atoms with Crippen molar-refractivity contribution in [3.8, 4) is 11.3 Å². The van der Waals surface area contributed by atoms with E-state index in [-0.39, 0.29) is 0 Å². The van der Waals surface area contributed by atoms with Crippen LogP contribution >= 0.6 is 7.92 Å². The predicted octanol–water partition coefficient (Wildman–Crippen LogP) is 6.89. The Bertz CT molecular complexity index is 1400. The molecule has 5 rings (SSSR count). The van der Waals surface area contributed by atoms with E-state index in [0.717, 1.165) is 54.3 Å². The number of anilines is 3. The number of benzene rings is 2. The Labute approximate surface area is 222 Å². The van der Waals surface area contributed by atoms with Crippen LogP contribution in [0.4, 0.5) is 30.2 Å². The van der Waals surface area contributed by atoms with Gasteiger partial charge in [-0.25, -0.2) is 4.98 Å². The van der Waals surface area contributed by atoms with Crippen molar-refractivity contribution in [3.05, 3.63) is 66.4 Å². The van der Waals surface area contributed by atoms with E-state index in [2.05, 4.69) is 63.4 Å². The summed E-state index contributed by atoms with van der Waals surface area (Å²) in [4.78, 5) is 12.6. The SMILES string of the molecule is CN(C)C1CCN(c2ccc(-c3cc4c(Nc5cccc(C(F)(F)F)c5P(C)C)ccnc4[nH]3)cc2)CC1. The summed E-state index contributed by atoms with van der Waals surface area (Å²) in [5.41, 5.74) is 4.47. The molecule has 0 bridgehead atoms. The molecule has 0 radical (unpaired) electrons. The van der Waals surface area contributed by atoms with Gasteiger partial charge in [-0.2, -0.15) is 13.2 Å². The van der Waals surface area contributed by atoms with Crippen molar-refractivity contribution in [3.63, 3.8) is 0 Å². The average Bonchev–Trinajstić information content (AvgIpc) is 3.34. The maximum absolute atomic E-state index is 13.7. The molecule has 1 saturated heterocycles. The topological polar surface area (TPSA) is 47.2 Å². The summed E-state index contributed by atoms with van der Waals surface area (Å²) in [6.45, 7) is 5.77. The third-order valence-corrected chi connectivity index (χ3v) is 8.70. The number of fused-ring (bicyclic) bond motifs is 1. The van der Waals surface area contributed by atoms with E-state index in [1.54, 1.807) is 18.3 Å². The van der Waals surface area contributed by atoms with Crippen LogP contribution in [0.25, 0.3) is 22.3 Å². The molecule has 9 heteroatoms. The molecule has 200 valence electrons. The number of halogens is 3. The van der Waals surface area contributed by atoms with E-state index in [1.807, 2.05) is 19.4 Å². The summed E-state index contributed by atoms with van der Waals surface area (Å²) in [7, 11) is 3.30. The zero-order valence-electron chi connectivity index (χ0n) is 22.1. The molecule has 1 aliphatic heterocycles. The fraction of sp³-hybridized carbons (Fsp3) is 0.345. The molecule has 0 aliphatic carbocycles. The number of rotatable bonds is 6. The number of alkyl halides is 3. The number of H-pyrrole nitrogens is 1. The maximum Gasteiger partial charge on any atom is 0.417 e. The standard InChI is InChI=1S/C29H33F3N5P/c1-36(2)20-13-16-37(17-14-20)21-10-8-19(9-11-21)26-18-22-24(12-15-33-28(22)35-26)34-25-7-5-6-23(29(30,31)32)27(25)38(3)4/h5-12,15,18,20H,13-14,16-17H2,1-4H3,(H2,33,34,35). The van der Waals surface area contributed by atoms with Crippen molar-refractivity contribution in [2.24, 2.45) is 0 Å². The number of hydrogen-bond acceptors (Lipinski definition) is 4. The van der Waals surface area contributed by atoms with Gasteiger partial charge in [0.2, 0.25) is 0 Å². The number of piperidine rings is 1. The van der Waals surface area contributed by atoms with Crippen LogP contribution in [0.3, 0.4) is 0 Å². The van der Waals surface area contributed by atoms with Crippen molar-refractivity contribution < 1.29 is 13.2 Å². The van der Waals surface area contributed by atoms with Crippen molar-refractivity contribution in [2.45, 2.75) is 25.1 Å². The fourth-order valence-corrected chi connectivity index (χ4v) is 6.58. The molecule has 2 aromatic heterocycles.